The van der Waals surface area contributed by atoms with Crippen LogP contribution < -0.4 is 11.0 Å². The molecule has 1 atom stereocenters. The lowest BCUT2D eigenvalue weighted by molar-refractivity contribution is 0.0934. The van der Waals surface area contributed by atoms with Crippen molar-refractivity contribution in [3.05, 3.63) is 75.7 Å². The third-order valence-electron chi connectivity index (χ3n) is 3.41. The van der Waals surface area contributed by atoms with Gasteiger partial charge in [0.25, 0.3) is 5.91 Å². The standard InChI is InChI=1S/C17H15N3O2S/c1-11(12-6-3-2-4-7-12)18-16(21)14-10-13(19-17(22)20-14)15-8-5-9-23-15/h2-11H,1H3,(H,18,21)(H,19,20,22). The van der Waals surface area contributed by atoms with E-state index in [2.05, 4.69) is 15.3 Å². The van der Waals surface area contributed by atoms with Crippen LogP contribution in [0.2, 0.25) is 0 Å². The van der Waals surface area contributed by atoms with Gasteiger partial charge in [0.15, 0.2) is 0 Å². The second-order valence-corrected chi connectivity index (χ2v) is 6.02. The van der Waals surface area contributed by atoms with Crippen LogP contribution >= 0.6 is 11.3 Å². The van der Waals surface area contributed by atoms with Crippen molar-refractivity contribution in [1.82, 2.24) is 15.3 Å². The van der Waals surface area contributed by atoms with Gasteiger partial charge in [0.05, 0.1) is 16.6 Å². The number of aromatic amines is 1. The quantitative estimate of drug-likeness (QED) is 0.774. The molecule has 3 rings (SSSR count). The SMILES string of the molecule is CC(NC(=O)c1cc(-c2cccs2)[nH]c(=O)n1)c1ccccc1. The van der Waals surface area contributed by atoms with Crippen molar-refractivity contribution in [3.8, 4) is 10.6 Å². The summed E-state index contributed by atoms with van der Waals surface area (Å²) in [6.45, 7) is 1.89. The lowest BCUT2D eigenvalue weighted by atomic mass is 10.1. The van der Waals surface area contributed by atoms with Crippen LogP contribution in [0.4, 0.5) is 0 Å². The Kier molecular flexibility index (Phi) is 4.34. The number of carbonyl (C=O) groups excluding carboxylic acids is 1. The molecule has 6 heteroatoms. The molecule has 116 valence electrons. The largest absolute Gasteiger partial charge is 0.346 e. The lowest BCUT2D eigenvalue weighted by Gasteiger charge is -2.14. The number of carbonyl (C=O) groups is 1. The maximum atomic E-state index is 12.4. The molecule has 0 spiro atoms. The van der Waals surface area contributed by atoms with Crippen molar-refractivity contribution in [1.29, 1.82) is 0 Å². The van der Waals surface area contributed by atoms with Crippen molar-refractivity contribution in [2.45, 2.75) is 13.0 Å². The summed E-state index contributed by atoms with van der Waals surface area (Å²) in [6, 6.07) is 14.8. The van der Waals surface area contributed by atoms with Crippen LogP contribution in [0.1, 0.15) is 29.0 Å². The van der Waals surface area contributed by atoms with Gasteiger partial charge >= 0.3 is 5.69 Å². The molecule has 0 fully saturated rings. The minimum Gasteiger partial charge on any atom is -0.344 e. The van der Waals surface area contributed by atoms with Crippen LogP contribution in [-0.2, 0) is 0 Å². The first-order valence-electron chi connectivity index (χ1n) is 7.14. The van der Waals surface area contributed by atoms with Gasteiger partial charge in [-0.3, -0.25) is 4.79 Å². The average molecular weight is 325 g/mol. The summed E-state index contributed by atoms with van der Waals surface area (Å²) in [5.74, 6) is -0.370. The smallest absolute Gasteiger partial charge is 0.344 e. The van der Waals surface area contributed by atoms with Crippen molar-refractivity contribution in [3.63, 3.8) is 0 Å². The van der Waals surface area contributed by atoms with Crippen LogP contribution in [0, 0.1) is 0 Å². The molecule has 0 aliphatic heterocycles. The van der Waals surface area contributed by atoms with Gasteiger partial charge in [-0.2, -0.15) is 4.98 Å². The maximum absolute atomic E-state index is 12.4. The average Bonchev–Trinajstić information content (AvgIpc) is 3.09. The van der Waals surface area contributed by atoms with E-state index in [9.17, 15) is 9.59 Å². The van der Waals surface area contributed by atoms with E-state index in [1.807, 2.05) is 54.8 Å². The van der Waals surface area contributed by atoms with Crippen LogP contribution in [0.3, 0.4) is 0 Å². The number of thiophene rings is 1. The molecule has 3 aromatic rings. The van der Waals surface area contributed by atoms with E-state index in [-0.39, 0.29) is 17.6 Å². The van der Waals surface area contributed by atoms with E-state index in [0.29, 0.717) is 5.69 Å². The van der Waals surface area contributed by atoms with Gasteiger partial charge in [0.2, 0.25) is 0 Å². The summed E-state index contributed by atoms with van der Waals surface area (Å²) in [4.78, 5) is 31.4. The molecule has 2 aromatic heterocycles. The molecule has 0 aliphatic carbocycles. The van der Waals surface area contributed by atoms with E-state index >= 15 is 0 Å². The lowest BCUT2D eigenvalue weighted by Crippen LogP contribution is -2.29. The molecule has 0 aliphatic rings. The number of hydrogen-bond donors (Lipinski definition) is 2. The Morgan fingerprint density at radius 3 is 2.70 bits per heavy atom. The van der Waals surface area contributed by atoms with Gasteiger partial charge in [-0.05, 0) is 30.0 Å². The highest BCUT2D eigenvalue weighted by Crippen LogP contribution is 2.22. The highest BCUT2D eigenvalue weighted by molar-refractivity contribution is 7.13. The van der Waals surface area contributed by atoms with E-state index < -0.39 is 5.69 Å². The number of nitrogens with zero attached hydrogens (tertiary/aromatic N) is 1. The minimum absolute atomic E-state index is 0.111. The Labute approximate surface area is 137 Å². The number of hydrogen-bond acceptors (Lipinski definition) is 4. The topological polar surface area (TPSA) is 74.8 Å². The van der Waals surface area contributed by atoms with Crippen molar-refractivity contribution < 1.29 is 4.79 Å². The first-order chi connectivity index (χ1) is 11.1. The van der Waals surface area contributed by atoms with E-state index in [4.69, 9.17) is 0 Å². The molecule has 0 saturated heterocycles. The zero-order valence-corrected chi connectivity index (χ0v) is 13.3. The van der Waals surface area contributed by atoms with Gasteiger partial charge in [0, 0.05) is 0 Å². The summed E-state index contributed by atoms with van der Waals surface area (Å²) < 4.78 is 0. The predicted molar refractivity (Wildman–Crippen MR) is 90.5 cm³/mol. The van der Waals surface area contributed by atoms with Crippen molar-refractivity contribution >= 4 is 17.2 Å². The third-order valence-corrected chi connectivity index (χ3v) is 4.31. The minimum atomic E-state index is -0.534. The molecule has 0 radical (unpaired) electrons. The molecule has 1 unspecified atom stereocenters. The molecule has 1 aromatic carbocycles. The summed E-state index contributed by atoms with van der Waals surface area (Å²) in [7, 11) is 0. The van der Waals surface area contributed by atoms with E-state index in [0.717, 1.165) is 10.4 Å². The fourth-order valence-electron chi connectivity index (χ4n) is 2.23. The van der Waals surface area contributed by atoms with Gasteiger partial charge < -0.3 is 10.3 Å². The first-order valence-corrected chi connectivity index (χ1v) is 8.02. The normalized spacial score (nSPS) is 11.9. The summed E-state index contributed by atoms with van der Waals surface area (Å²) >= 11 is 1.49. The predicted octanol–water partition coefficient (Wildman–Crippen LogP) is 2.99. The molecule has 23 heavy (non-hydrogen) atoms. The second-order valence-electron chi connectivity index (χ2n) is 5.07. The van der Waals surface area contributed by atoms with Gasteiger partial charge in [-0.1, -0.05) is 36.4 Å². The van der Waals surface area contributed by atoms with Crippen LogP contribution in [0.15, 0.2) is 58.7 Å². The Morgan fingerprint density at radius 2 is 2.00 bits per heavy atom. The molecule has 2 N–H and O–H groups in total. The van der Waals surface area contributed by atoms with Crippen molar-refractivity contribution in [2.75, 3.05) is 0 Å². The Morgan fingerprint density at radius 1 is 1.22 bits per heavy atom. The Balaban J connectivity index is 1.84. The fraction of sp³-hybridized carbons (Fsp3) is 0.118. The highest BCUT2D eigenvalue weighted by Gasteiger charge is 2.14. The number of amides is 1. The summed E-state index contributed by atoms with van der Waals surface area (Å²) in [6.07, 6.45) is 0. The molecule has 2 heterocycles. The van der Waals surface area contributed by atoms with E-state index in [1.165, 1.54) is 11.3 Å². The van der Waals surface area contributed by atoms with Crippen LogP contribution in [0.25, 0.3) is 10.6 Å². The zero-order valence-electron chi connectivity index (χ0n) is 12.4. The maximum Gasteiger partial charge on any atom is 0.346 e. The van der Waals surface area contributed by atoms with Gasteiger partial charge in [-0.15, -0.1) is 11.3 Å². The number of H-pyrrole nitrogens is 1. The fourth-order valence-corrected chi connectivity index (χ4v) is 2.93. The Hall–Kier alpha value is -2.73. The number of aromatic nitrogens is 2. The number of nitrogens with one attached hydrogen (secondary N) is 2. The highest BCUT2D eigenvalue weighted by atomic mass is 32.1. The molecular weight excluding hydrogens is 310 g/mol. The molecule has 5 nitrogen and oxygen atoms in total. The molecule has 0 saturated carbocycles. The zero-order chi connectivity index (χ0) is 16.2. The third kappa shape index (κ3) is 3.54. The van der Waals surface area contributed by atoms with Gasteiger partial charge in [0.1, 0.15) is 5.69 Å². The van der Waals surface area contributed by atoms with Crippen LogP contribution in [0.5, 0.6) is 0 Å². The molecule has 1 amide bonds. The second kappa shape index (κ2) is 6.58. The summed E-state index contributed by atoms with van der Waals surface area (Å²) in [5.41, 5.74) is 1.16. The van der Waals surface area contributed by atoms with Crippen molar-refractivity contribution in [2.24, 2.45) is 0 Å². The molecule has 0 bridgehead atoms. The summed E-state index contributed by atoms with van der Waals surface area (Å²) in [5, 5.41) is 4.77. The van der Waals surface area contributed by atoms with E-state index in [1.54, 1.807) is 6.07 Å². The first kappa shape index (κ1) is 15.2. The Bertz CT molecular complexity index is 857. The van der Waals surface area contributed by atoms with Crippen LogP contribution in [-0.4, -0.2) is 15.9 Å². The number of rotatable bonds is 4. The van der Waals surface area contributed by atoms with Gasteiger partial charge in [-0.25, -0.2) is 4.79 Å². The monoisotopic (exact) mass is 325 g/mol. The number of benzene rings is 1. The molecular formula is C17H15N3O2S.